The van der Waals surface area contributed by atoms with Gasteiger partial charge in [0.15, 0.2) is 0 Å². The van der Waals surface area contributed by atoms with Crippen molar-refractivity contribution >= 4 is 0 Å². The fourth-order valence-corrected chi connectivity index (χ4v) is 1.94. The zero-order valence-electron chi connectivity index (χ0n) is 12.1. The maximum atomic E-state index is 5.73. The smallest absolute Gasteiger partial charge is 0.00385 e. The second-order valence-corrected chi connectivity index (χ2v) is 5.96. The van der Waals surface area contributed by atoms with Crippen LogP contribution in [-0.2, 0) is 0 Å². The third-order valence-electron chi connectivity index (χ3n) is 3.34. The van der Waals surface area contributed by atoms with Gasteiger partial charge in [-0.25, -0.2) is 0 Å². The van der Waals surface area contributed by atoms with Crippen molar-refractivity contribution in [3.8, 4) is 0 Å². The Balaban J connectivity index is 3.70. The fourth-order valence-electron chi connectivity index (χ4n) is 1.94. The van der Waals surface area contributed by atoms with E-state index >= 15 is 0 Å². The van der Waals surface area contributed by atoms with Crippen LogP contribution in [0.1, 0.15) is 60.3 Å². The van der Waals surface area contributed by atoms with Gasteiger partial charge in [-0.3, -0.25) is 0 Å². The molecule has 0 fully saturated rings. The molecule has 0 radical (unpaired) electrons. The summed E-state index contributed by atoms with van der Waals surface area (Å²) in [5.41, 5.74) is 6.06. The molecule has 0 aromatic carbocycles. The molecule has 0 saturated carbocycles. The average Bonchev–Trinajstić information content (AvgIpc) is 2.22. The van der Waals surface area contributed by atoms with Gasteiger partial charge in [0, 0.05) is 6.04 Å². The molecule has 2 nitrogen and oxygen atoms in total. The summed E-state index contributed by atoms with van der Waals surface area (Å²) in [4.78, 5) is 2.58. The van der Waals surface area contributed by atoms with Gasteiger partial charge in [0.05, 0.1) is 0 Å². The highest BCUT2D eigenvalue weighted by molar-refractivity contribution is 4.70. The summed E-state index contributed by atoms with van der Waals surface area (Å²) < 4.78 is 0. The number of hydrogen-bond donors (Lipinski definition) is 1. The van der Waals surface area contributed by atoms with Gasteiger partial charge in [-0.1, -0.05) is 27.2 Å². The van der Waals surface area contributed by atoms with Crippen molar-refractivity contribution in [2.24, 2.45) is 11.1 Å². The summed E-state index contributed by atoms with van der Waals surface area (Å²) in [5, 5.41) is 0. The molecule has 0 aliphatic carbocycles. The van der Waals surface area contributed by atoms with Crippen molar-refractivity contribution in [3.05, 3.63) is 0 Å². The summed E-state index contributed by atoms with van der Waals surface area (Å²) >= 11 is 0. The van der Waals surface area contributed by atoms with Crippen LogP contribution >= 0.6 is 0 Å². The molecule has 0 amide bonds. The van der Waals surface area contributed by atoms with Gasteiger partial charge in [0.2, 0.25) is 0 Å². The van der Waals surface area contributed by atoms with Gasteiger partial charge in [0.1, 0.15) is 0 Å². The van der Waals surface area contributed by atoms with E-state index in [1.165, 1.54) is 38.8 Å². The topological polar surface area (TPSA) is 29.3 Å². The number of hydrogen-bond acceptors (Lipinski definition) is 2. The Hall–Kier alpha value is -0.0800. The summed E-state index contributed by atoms with van der Waals surface area (Å²) in [6.45, 7) is 14.6. The van der Waals surface area contributed by atoms with E-state index in [9.17, 15) is 0 Å². The van der Waals surface area contributed by atoms with Gasteiger partial charge in [-0.05, 0) is 58.2 Å². The maximum Gasteiger partial charge on any atom is 0.00385 e. The zero-order chi connectivity index (χ0) is 12.6. The van der Waals surface area contributed by atoms with Gasteiger partial charge < -0.3 is 10.6 Å². The molecule has 0 aromatic rings. The summed E-state index contributed by atoms with van der Waals surface area (Å²) in [6, 6.07) is 0.683. The van der Waals surface area contributed by atoms with Gasteiger partial charge >= 0.3 is 0 Å². The first kappa shape index (κ1) is 15.9. The van der Waals surface area contributed by atoms with Crippen molar-refractivity contribution < 1.29 is 0 Å². The average molecular weight is 228 g/mol. The lowest BCUT2D eigenvalue weighted by atomic mass is 9.87. The molecule has 0 saturated heterocycles. The van der Waals surface area contributed by atoms with E-state index in [0.717, 1.165) is 6.54 Å². The predicted molar refractivity (Wildman–Crippen MR) is 73.7 cm³/mol. The Kier molecular flexibility index (Phi) is 8.04. The molecule has 0 unspecified atom stereocenters. The minimum atomic E-state index is 0.327. The number of nitrogens with two attached hydrogens (primary N) is 1. The van der Waals surface area contributed by atoms with E-state index < -0.39 is 0 Å². The van der Waals surface area contributed by atoms with Crippen molar-refractivity contribution in [3.63, 3.8) is 0 Å². The minimum Gasteiger partial charge on any atom is -0.330 e. The van der Waals surface area contributed by atoms with E-state index in [0.29, 0.717) is 11.5 Å². The highest BCUT2D eigenvalue weighted by Gasteiger charge is 2.15. The van der Waals surface area contributed by atoms with E-state index in [2.05, 4.69) is 39.5 Å². The number of unbranched alkanes of at least 4 members (excludes halogenated alkanes) is 1. The quantitative estimate of drug-likeness (QED) is 0.614. The van der Waals surface area contributed by atoms with Crippen molar-refractivity contribution in [2.75, 3.05) is 19.6 Å². The van der Waals surface area contributed by atoms with Crippen LogP contribution in [0.25, 0.3) is 0 Å². The molecule has 0 aliphatic heterocycles. The van der Waals surface area contributed by atoms with Crippen LogP contribution < -0.4 is 5.73 Å². The molecule has 0 bridgehead atoms. The Morgan fingerprint density at radius 3 is 2.19 bits per heavy atom. The molecule has 0 atom stereocenters. The summed E-state index contributed by atoms with van der Waals surface area (Å²) in [5.74, 6) is 0. The van der Waals surface area contributed by atoms with Crippen LogP contribution in [0.5, 0.6) is 0 Å². The van der Waals surface area contributed by atoms with Gasteiger partial charge in [0.25, 0.3) is 0 Å². The van der Waals surface area contributed by atoms with Crippen LogP contribution in [-0.4, -0.2) is 30.6 Å². The SMILES string of the molecule is CCCN(CCCCC(C)(C)CN)C(C)C. The Labute approximate surface area is 103 Å². The Morgan fingerprint density at radius 1 is 1.12 bits per heavy atom. The van der Waals surface area contributed by atoms with Crippen LogP contribution in [0.4, 0.5) is 0 Å². The van der Waals surface area contributed by atoms with Gasteiger partial charge in [-0.2, -0.15) is 0 Å². The second-order valence-electron chi connectivity index (χ2n) is 5.96. The first-order valence-corrected chi connectivity index (χ1v) is 6.87. The third-order valence-corrected chi connectivity index (χ3v) is 3.34. The molecular formula is C14H32N2. The molecule has 2 heteroatoms. The van der Waals surface area contributed by atoms with Gasteiger partial charge in [-0.15, -0.1) is 0 Å². The number of nitrogens with zero attached hydrogens (tertiary/aromatic N) is 1. The van der Waals surface area contributed by atoms with Crippen LogP contribution in [0.15, 0.2) is 0 Å². The van der Waals surface area contributed by atoms with E-state index in [-0.39, 0.29) is 0 Å². The lowest BCUT2D eigenvalue weighted by molar-refractivity contribution is 0.211. The predicted octanol–water partition coefficient (Wildman–Crippen LogP) is 3.26. The molecule has 2 N–H and O–H groups in total. The van der Waals surface area contributed by atoms with Crippen molar-refractivity contribution in [2.45, 2.75) is 66.3 Å². The van der Waals surface area contributed by atoms with E-state index in [1.54, 1.807) is 0 Å². The molecule has 16 heavy (non-hydrogen) atoms. The lowest BCUT2D eigenvalue weighted by Crippen LogP contribution is -2.32. The molecule has 0 heterocycles. The first-order valence-electron chi connectivity index (χ1n) is 6.87. The van der Waals surface area contributed by atoms with Crippen LogP contribution in [0.3, 0.4) is 0 Å². The molecule has 0 rings (SSSR count). The second kappa shape index (κ2) is 8.08. The molecule has 98 valence electrons. The summed E-state index contributed by atoms with van der Waals surface area (Å²) in [7, 11) is 0. The van der Waals surface area contributed by atoms with Crippen molar-refractivity contribution in [1.29, 1.82) is 0 Å². The van der Waals surface area contributed by atoms with E-state index in [1.807, 2.05) is 0 Å². The van der Waals surface area contributed by atoms with E-state index in [4.69, 9.17) is 5.73 Å². The highest BCUT2D eigenvalue weighted by atomic mass is 15.1. The molecule has 0 spiro atoms. The Bertz CT molecular complexity index is 164. The molecule has 0 aliphatic rings. The molecule has 0 aromatic heterocycles. The monoisotopic (exact) mass is 228 g/mol. The zero-order valence-corrected chi connectivity index (χ0v) is 12.1. The van der Waals surface area contributed by atoms with Crippen molar-refractivity contribution in [1.82, 2.24) is 4.90 Å². The molecular weight excluding hydrogens is 196 g/mol. The normalized spacial score (nSPS) is 12.8. The minimum absolute atomic E-state index is 0.327. The highest BCUT2D eigenvalue weighted by Crippen LogP contribution is 2.21. The number of rotatable bonds is 9. The fraction of sp³-hybridized carbons (Fsp3) is 1.00. The third kappa shape index (κ3) is 7.24. The lowest BCUT2D eigenvalue weighted by Gasteiger charge is -2.27. The maximum absolute atomic E-state index is 5.73. The largest absolute Gasteiger partial charge is 0.330 e. The van der Waals surface area contributed by atoms with Crippen LogP contribution in [0, 0.1) is 5.41 Å². The Morgan fingerprint density at radius 2 is 1.75 bits per heavy atom. The first-order chi connectivity index (χ1) is 7.43. The standard InChI is InChI=1S/C14H32N2/c1-6-10-16(13(2)3)11-8-7-9-14(4,5)12-15/h13H,6-12,15H2,1-5H3. The van der Waals surface area contributed by atoms with Crippen LogP contribution in [0.2, 0.25) is 0 Å². The summed E-state index contributed by atoms with van der Waals surface area (Å²) in [6.07, 6.45) is 5.12.